The van der Waals surface area contributed by atoms with Crippen LogP contribution in [0.5, 0.6) is 0 Å². The fourth-order valence-electron chi connectivity index (χ4n) is 8.72. The van der Waals surface area contributed by atoms with E-state index in [0.717, 1.165) is 93.6 Å². The van der Waals surface area contributed by atoms with Crippen LogP contribution in [0.4, 0.5) is 0 Å². The third-order valence-corrected chi connectivity index (χ3v) is 21.0. The van der Waals surface area contributed by atoms with Crippen LogP contribution in [0, 0.1) is 0 Å². The molecule has 2 N–H and O–H groups in total. The minimum Gasteiger partial charge on any atom is -0.192 e. The first kappa shape index (κ1) is 70.7. The molecule has 0 radical (unpaired) electrons. The van der Waals surface area contributed by atoms with E-state index in [1.54, 1.807) is 0 Å². The lowest BCUT2D eigenvalue weighted by Gasteiger charge is -2.27. The van der Waals surface area contributed by atoms with E-state index < -0.39 is 20.9 Å². The molecule has 0 aromatic rings. The minimum atomic E-state index is -3.56. The van der Waals surface area contributed by atoms with Gasteiger partial charge in [-0.2, -0.15) is 78.4 Å². The van der Waals surface area contributed by atoms with E-state index in [9.17, 15) is 9.79 Å². The molecule has 0 amide bonds. The van der Waals surface area contributed by atoms with Crippen molar-refractivity contribution in [2.24, 2.45) is 0 Å². The van der Waals surface area contributed by atoms with E-state index in [1.807, 2.05) is 0 Å². The highest BCUT2D eigenvalue weighted by molar-refractivity contribution is 7.91. The lowest BCUT2D eigenvalue weighted by atomic mass is 10.1. The summed E-state index contributed by atoms with van der Waals surface area (Å²) >= 11 is 27.3. The molecule has 14 heteroatoms. The predicted molar refractivity (Wildman–Crippen MR) is 326 cm³/mol. The molecule has 410 valence electrons. The Labute approximate surface area is 458 Å². The van der Waals surface area contributed by atoms with Gasteiger partial charge in [0, 0.05) is 12.8 Å². The van der Waals surface area contributed by atoms with Crippen molar-refractivity contribution < 1.29 is 27.9 Å². The number of hydrogen-bond donors (Lipinski definition) is 8. The zero-order valence-corrected chi connectivity index (χ0v) is 51.2. The van der Waals surface area contributed by atoms with Gasteiger partial charge in [-0.15, -0.1) is 25.3 Å². The molecule has 6 nitrogen and oxygen atoms in total. The van der Waals surface area contributed by atoms with Gasteiger partial charge in [0.05, 0.1) is 26.4 Å². The van der Waals surface area contributed by atoms with Crippen LogP contribution in [0.3, 0.4) is 0 Å². The zero-order valence-electron chi connectivity index (χ0n) is 44.0. The van der Waals surface area contributed by atoms with E-state index in [-0.39, 0.29) is 4.99 Å². The monoisotopic (exact) mass is 1110 g/mol. The van der Waals surface area contributed by atoms with Crippen LogP contribution in [0.2, 0.25) is 0 Å². The summed E-state index contributed by atoms with van der Waals surface area (Å²) in [6, 6.07) is 0. The highest BCUT2D eigenvalue weighted by Gasteiger charge is 2.52. The van der Waals surface area contributed by atoms with E-state index in [1.165, 1.54) is 205 Å². The minimum absolute atomic E-state index is 0.161. The summed E-state index contributed by atoms with van der Waals surface area (Å²) in [6.07, 6.45) is 52.9. The van der Waals surface area contributed by atoms with Crippen LogP contribution in [0.1, 0.15) is 283 Å². The fraction of sp³-hybridized carbons (Fsp3) is 1.00. The average Bonchev–Trinajstić information content (AvgIpc) is 3.33. The lowest BCUT2D eigenvalue weighted by molar-refractivity contribution is 0.128. The first-order valence-corrected chi connectivity index (χ1v) is 35.8. The quantitative estimate of drug-likeness (QED) is 0.0176. The highest BCUT2D eigenvalue weighted by Crippen LogP contribution is 2.69. The van der Waals surface area contributed by atoms with Gasteiger partial charge >= 0.3 is 15.9 Å². The Hall–Kier alpha value is 2.72. The van der Waals surface area contributed by atoms with Gasteiger partial charge in [-0.3, -0.25) is 0 Å². The van der Waals surface area contributed by atoms with Gasteiger partial charge in [-0.1, -0.05) is 205 Å². The lowest BCUT2D eigenvalue weighted by Crippen LogP contribution is -2.19. The number of unbranched alkanes of at least 4 members (excludes halogenated alkanes) is 37. The van der Waals surface area contributed by atoms with Crippen LogP contribution in [0.15, 0.2) is 0 Å². The van der Waals surface area contributed by atoms with Gasteiger partial charge in [0.2, 0.25) is 0 Å². The van der Waals surface area contributed by atoms with Gasteiger partial charge in [-0.05, 0) is 87.2 Å². The summed E-state index contributed by atoms with van der Waals surface area (Å²) in [5.41, 5.74) is 0. The Bertz CT molecular complexity index is 914. The Morgan fingerprint density at radius 2 is 0.441 bits per heavy atom. The van der Waals surface area contributed by atoms with E-state index in [0.29, 0.717) is 32.8 Å². The zero-order chi connectivity index (χ0) is 49.8. The second-order valence-electron chi connectivity index (χ2n) is 19.7. The molecule has 2 unspecified atom stereocenters. The van der Waals surface area contributed by atoms with Crippen molar-refractivity contribution in [3.63, 3.8) is 0 Å². The first-order chi connectivity index (χ1) is 33.3. The Morgan fingerprint density at radius 1 is 0.250 bits per heavy atom. The summed E-state index contributed by atoms with van der Waals surface area (Å²) in [5.74, 6) is 4.02. The molecule has 2 atom stereocenters. The van der Waals surface area contributed by atoms with Gasteiger partial charge in [0.25, 0.3) is 0 Å². The van der Waals surface area contributed by atoms with E-state index in [4.69, 9.17) is 30.7 Å². The molecule has 0 aromatic carbocycles. The van der Waals surface area contributed by atoms with Crippen molar-refractivity contribution in [2.75, 3.05) is 49.4 Å². The topological polar surface area (TPSA) is 77.4 Å². The summed E-state index contributed by atoms with van der Waals surface area (Å²) in [6.45, 7) is 2.31. The Morgan fingerprint density at radius 3 is 0.676 bits per heavy atom. The van der Waals surface area contributed by atoms with Crippen molar-refractivity contribution in [3.05, 3.63) is 0 Å². The summed E-state index contributed by atoms with van der Waals surface area (Å²) in [7, 11) is -6.31. The van der Waals surface area contributed by atoms with Crippen LogP contribution in [0.25, 0.3) is 0 Å². The number of rotatable bonds is 59. The molecule has 0 aromatic heterocycles. The second kappa shape index (κ2) is 55.9. The molecule has 0 bridgehead atoms. The molecular weight excluding hydrogens is 999 g/mol. The average molecular weight is 1110 g/mol. The van der Waals surface area contributed by atoms with Gasteiger partial charge in [0.15, 0.2) is 9.98 Å². The molecule has 0 rings (SSSR count). The Kier molecular flexibility index (Phi) is 58.2. The molecule has 0 aliphatic carbocycles. The standard InChI is InChI=1S/C54H112O6P2S6/c55-61(56,57-45-35-25-17-9-1-5-13-21-29-39-49-63)53(67)43-33-34-44-54(68)62(58-46-36-26-18-10-2-6-14-22-30-40-50-64,59-47-37-27-19-11-3-7-15-23-31-41-51-65)60-48-38-28-20-12-4-8-16-24-32-42-52-66/h53-56H,1-52H2,(H4-2,63,64,65,66,67,68)/p+2. The highest BCUT2D eigenvalue weighted by atomic mass is 32.1. The fourth-order valence-corrected chi connectivity index (χ4v) is 14.3. The SMILES string of the molecule is O[P+](O)(OCCCCCCCCCCCCS)C(S)CCCCC(S)[P+](OCCCCCCCCCCCCS)(OCCCCCCCCCCCCS)OCCCCCCCCCCCCS. The van der Waals surface area contributed by atoms with Crippen molar-refractivity contribution in [2.45, 2.75) is 292 Å². The van der Waals surface area contributed by atoms with Crippen molar-refractivity contribution >= 4 is 91.7 Å². The maximum atomic E-state index is 10.9. The van der Waals surface area contributed by atoms with E-state index in [2.05, 4.69) is 63.1 Å². The first-order valence-electron chi connectivity index (χ1n) is 28.9. The normalized spacial score (nSPS) is 13.2. The third kappa shape index (κ3) is 47.2. The van der Waals surface area contributed by atoms with Crippen molar-refractivity contribution in [1.82, 2.24) is 0 Å². The van der Waals surface area contributed by atoms with Crippen LogP contribution >= 0.6 is 91.7 Å². The molecule has 0 heterocycles. The van der Waals surface area contributed by atoms with Gasteiger partial charge in [-0.25, -0.2) is 0 Å². The molecule has 0 fully saturated rings. The third-order valence-electron chi connectivity index (χ3n) is 13.2. The maximum Gasteiger partial charge on any atom is 0.424 e. The van der Waals surface area contributed by atoms with Crippen molar-refractivity contribution in [1.29, 1.82) is 0 Å². The van der Waals surface area contributed by atoms with E-state index >= 15 is 0 Å². The molecule has 0 spiro atoms. The predicted octanol–water partition coefficient (Wildman–Crippen LogP) is 20.0. The van der Waals surface area contributed by atoms with Gasteiger partial charge in [0.1, 0.15) is 0 Å². The second-order valence-corrected chi connectivity index (χ2v) is 28.1. The largest absolute Gasteiger partial charge is 0.424 e. The smallest absolute Gasteiger partial charge is 0.192 e. The maximum absolute atomic E-state index is 10.9. The van der Waals surface area contributed by atoms with Crippen LogP contribution in [-0.2, 0) is 18.1 Å². The molecular formula is C54H114O6P2S6+2. The molecule has 0 saturated carbocycles. The molecule has 0 aliphatic rings. The van der Waals surface area contributed by atoms with Crippen molar-refractivity contribution in [3.8, 4) is 0 Å². The number of hydrogen-bond acceptors (Lipinski definition) is 12. The van der Waals surface area contributed by atoms with Crippen LogP contribution in [-0.4, -0.2) is 69.2 Å². The summed E-state index contributed by atoms with van der Waals surface area (Å²) in [4.78, 5) is 21.0. The summed E-state index contributed by atoms with van der Waals surface area (Å²) in [5, 5.41) is 0. The van der Waals surface area contributed by atoms with Crippen LogP contribution < -0.4 is 0 Å². The Balaban J connectivity index is 5.26. The molecule has 68 heavy (non-hydrogen) atoms. The van der Waals surface area contributed by atoms with Gasteiger partial charge < -0.3 is 0 Å². The molecule has 0 aliphatic heterocycles. The molecule has 0 saturated heterocycles. The summed E-state index contributed by atoms with van der Waals surface area (Å²) < 4.78 is 26.3. The number of thiol groups is 6.